The molecule has 2 aromatic rings. The van der Waals surface area contributed by atoms with Gasteiger partial charge in [0.05, 0.1) is 6.42 Å². The highest BCUT2D eigenvalue weighted by molar-refractivity contribution is 5.88. The van der Waals surface area contributed by atoms with E-state index in [0.717, 1.165) is 18.2 Å². The lowest BCUT2D eigenvalue weighted by Crippen LogP contribution is -2.41. The fourth-order valence-corrected chi connectivity index (χ4v) is 5.13. The normalized spacial score (nSPS) is 34.8. The van der Waals surface area contributed by atoms with Crippen LogP contribution >= 0.6 is 0 Å². The van der Waals surface area contributed by atoms with Crippen LogP contribution in [0.5, 0.6) is 5.75 Å². The minimum absolute atomic E-state index is 0.0982. The highest BCUT2D eigenvalue weighted by Gasteiger charge is 2.61. The van der Waals surface area contributed by atoms with Gasteiger partial charge in [0.2, 0.25) is 0 Å². The summed E-state index contributed by atoms with van der Waals surface area (Å²) in [5, 5.41) is 22.9. The number of carbonyl (C=O) groups excluding carboxylic acids is 1. The largest absolute Gasteiger partial charge is 0.508 e. The molecule has 1 saturated carbocycles. The van der Waals surface area contributed by atoms with E-state index in [-0.39, 0.29) is 36.1 Å². The Morgan fingerprint density at radius 2 is 2.09 bits per heavy atom. The van der Waals surface area contributed by atoms with Gasteiger partial charge in [0.25, 0.3) is 0 Å². The van der Waals surface area contributed by atoms with Crippen LogP contribution in [-0.4, -0.2) is 27.9 Å². The van der Waals surface area contributed by atoms with E-state index in [4.69, 9.17) is 4.74 Å². The number of phenols is 1. The first-order chi connectivity index (χ1) is 11.1. The van der Waals surface area contributed by atoms with Crippen LogP contribution in [0, 0.1) is 5.92 Å². The zero-order valence-corrected chi connectivity index (χ0v) is 12.7. The number of hydrogen-bond acceptors (Lipinski definition) is 4. The second-order valence-electron chi connectivity index (χ2n) is 7.17. The molecule has 0 aromatic heterocycles. The number of ether oxygens (including phenoxy) is 1. The van der Waals surface area contributed by atoms with Crippen LogP contribution < -0.4 is 0 Å². The van der Waals surface area contributed by atoms with Gasteiger partial charge in [0.1, 0.15) is 17.5 Å². The molecule has 4 unspecified atom stereocenters. The van der Waals surface area contributed by atoms with E-state index in [1.165, 1.54) is 16.5 Å². The molecular formula is C19H18O4. The highest BCUT2D eigenvalue weighted by atomic mass is 16.6. The molecule has 2 aromatic carbocycles. The van der Waals surface area contributed by atoms with Crippen LogP contribution in [-0.2, 0) is 16.0 Å². The van der Waals surface area contributed by atoms with E-state index < -0.39 is 5.60 Å². The molecular weight excluding hydrogens is 292 g/mol. The van der Waals surface area contributed by atoms with Crippen molar-refractivity contribution in [3.8, 4) is 5.75 Å². The number of esters is 1. The molecule has 4 heteroatoms. The van der Waals surface area contributed by atoms with Gasteiger partial charge in [-0.05, 0) is 65.1 Å². The van der Waals surface area contributed by atoms with Gasteiger partial charge in [0, 0.05) is 0 Å². The number of aryl methyl sites for hydroxylation is 1. The Bertz CT molecular complexity index is 843. The maximum atomic E-state index is 11.6. The first-order valence-electron chi connectivity index (χ1n) is 8.22. The summed E-state index contributed by atoms with van der Waals surface area (Å²) in [6.45, 7) is 0. The molecule has 1 heterocycles. The predicted octanol–water partition coefficient (Wildman–Crippen LogP) is 2.64. The van der Waals surface area contributed by atoms with E-state index >= 15 is 0 Å². The van der Waals surface area contributed by atoms with Crippen molar-refractivity contribution in [1.29, 1.82) is 0 Å². The van der Waals surface area contributed by atoms with E-state index in [1.54, 1.807) is 12.1 Å². The average molecular weight is 310 g/mol. The molecule has 0 bridgehead atoms. The molecule has 4 nitrogen and oxygen atoms in total. The van der Waals surface area contributed by atoms with Crippen molar-refractivity contribution < 1.29 is 19.7 Å². The van der Waals surface area contributed by atoms with Gasteiger partial charge in [-0.2, -0.15) is 0 Å². The van der Waals surface area contributed by atoms with Crippen molar-refractivity contribution >= 4 is 16.7 Å². The fourth-order valence-electron chi connectivity index (χ4n) is 5.13. The molecule has 23 heavy (non-hydrogen) atoms. The molecule has 1 aliphatic heterocycles. The monoisotopic (exact) mass is 310 g/mol. The van der Waals surface area contributed by atoms with Crippen molar-refractivity contribution in [3.05, 3.63) is 41.5 Å². The Hall–Kier alpha value is -2.07. The third kappa shape index (κ3) is 1.67. The quantitative estimate of drug-likeness (QED) is 0.734. The Kier molecular flexibility index (Phi) is 2.48. The van der Waals surface area contributed by atoms with Gasteiger partial charge in [-0.15, -0.1) is 0 Å². The van der Waals surface area contributed by atoms with Crippen LogP contribution in [0.25, 0.3) is 10.8 Å². The smallest absolute Gasteiger partial charge is 0.309 e. The molecule has 0 spiro atoms. The summed E-state index contributed by atoms with van der Waals surface area (Å²) in [4.78, 5) is 11.6. The number of aromatic hydroxyl groups is 1. The van der Waals surface area contributed by atoms with Gasteiger partial charge >= 0.3 is 5.97 Å². The zero-order valence-electron chi connectivity index (χ0n) is 12.7. The average Bonchev–Trinajstić information content (AvgIpc) is 2.95. The van der Waals surface area contributed by atoms with Crippen molar-refractivity contribution in [2.75, 3.05) is 0 Å². The maximum absolute atomic E-state index is 11.6. The fraction of sp³-hybridized carbons (Fsp3) is 0.421. The van der Waals surface area contributed by atoms with Crippen molar-refractivity contribution in [2.45, 2.75) is 43.3 Å². The van der Waals surface area contributed by atoms with Crippen molar-refractivity contribution in [1.82, 2.24) is 0 Å². The second kappa shape index (κ2) is 4.26. The standard InChI is InChI=1S/C19H18O4/c20-11-2-4-12-10(7-11)1-3-14-13(12)5-6-16-15(14)8-17-19(16,22)9-18(21)23-17/h1-4,7,15-17,20,22H,5-6,8-9H2. The number of phenolic OH excluding ortho intramolecular Hbond substituents is 1. The number of rotatable bonds is 0. The van der Waals surface area contributed by atoms with Gasteiger partial charge in [0.15, 0.2) is 0 Å². The summed E-state index contributed by atoms with van der Waals surface area (Å²) in [5.41, 5.74) is 1.61. The number of hydrogen-bond donors (Lipinski definition) is 2. The molecule has 0 radical (unpaired) electrons. The number of carbonyl (C=O) groups is 1. The van der Waals surface area contributed by atoms with Gasteiger partial charge in [-0.3, -0.25) is 4.79 Å². The lowest BCUT2D eigenvalue weighted by molar-refractivity contribution is -0.142. The van der Waals surface area contributed by atoms with Crippen LogP contribution in [0.4, 0.5) is 0 Å². The summed E-state index contributed by atoms with van der Waals surface area (Å²) < 4.78 is 5.38. The number of fused-ring (bicyclic) bond motifs is 7. The Morgan fingerprint density at radius 3 is 2.96 bits per heavy atom. The second-order valence-corrected chi connectivity index (χ2v) is 7.17. The van der Waals surface area contributed by atoms with Gasteiger partial charge in [-0.1, -0.05) is 18.2 Å². The number of benzene rings is 2. The summed E-state index contributed by atoms with van der Waals surface area (Å²) in [7, 11) is 0. The summed E-state index contributed by atoms with van der Waals surface area (Å²) >= 11 is 0. The van der Waals surface area contributed by atoms with Gasteiger partial charge in [-0.25, -0.2) is 0 Å². The minimum atomic E-state index is -0.983. The van der Waals surface area contributed by atoms with E-state index in [9.17, 15) is 15.0 Å². The third-order valence-electron chi connectivity index (χ3n) is 6.11. The Labute approximate surface area is 133 Å². The first kappa shape index (κ1) is 13.4. The highest BCUT2D eigenvalue weighted by Crippen LogP contribution is 2.57. The predicted molar refractivity (Wildman–Crippen MR) is 84.2 cm³/mol. The summed E-state index contributed by atoms with van der Waals surface area (Å²) in [5.74, 6) is 0.361. The van der Waals surface area contributed by atoms with Crippen LogP contribution in [0.2, 0.25) is 0 Å². The molecule has 2 aliphatic carbocycles. The molecule has 0 amide bonds. The molecule has 2 fully saturated rings. The van der Waals surface area contributed by atoms with E-state index in [0.29, 0.717) is 6.42 Å². The van der Waals surface area contributed by atoms with E-state index in [1.807, 2.05) is 12.1 Å². The maximum Gasteiger partial charge on any atom is 0.309 e. The Morgan fingerprint density at radius 1 is 1.22 bits per heavy atom. The molecule has 3 aliphatic rings. The van der Waals surface area contributed by atoms with Crippen LogP contribution in [0.15, 0.2) is 30.3 Å². The molecule has 1 saturated heterocycles. The van der Waals surface area contributed by atoms with Crippen LogP contribution in [0.3, 0.4) is 0 Å². The zero-order chi connectivity index (χ0) is 15.8. The van der Waals surface area contributed by atoms with Crippen LogP contribution in [0.1, 0.15) is 36.3 Å². The van der Waals surface area contributed by atoms with Crippen molar-refractivity contribution in [3.63, 3.8) is 0 Å². The number of aliphatic hydroxyl groups is 1. The Balaban J connectivity index is 1.64. The minimum Gasteiger partial charge on any atom is -0.508 e. The lowest BCUT2D eigenvalue weighted by Gasteiger charge is -2.35. The van der Waals surface area contributed by atoms with Crippen molar-refractivity contribution in [2.24, 2.45) is 5.92 Å². The van der Waals surface area contributed by atoms with E-state index in [2.05, 4.69) is 6.07 Å². The lowest BCUT2D eigenvalue weighted by atomic mass is 9.71. The molecule has 2 N–H and O–H groups in total. The molecule has 118 valence electrons. The summed E-state index contributed by atoms with van der Waals surface area (Å²) in [6.07, 6.45) is 2.26. The van der Waals surface area contributed by atoms with Gasteiger partial charge < -0.3 is 14.9 Å². The molecule has 4 atom stereocenters. The SMILES string of the molecule is O=C1CC2(O)C(CC3c4ccc5cc(O)ccc5c4CCC32)O1. The third-order valence-corrected chi connectivity index (χ3v) is 6.11. The summed E-state index contributed by atoms with van der Waals surface area (Å²) in [6, 6.07) is 9.67. The molecule has 5 rings (SSSR count). The topological polar surface area (TPSA) is 66.8 Å². The first-order valence-corrected chi connectivity index (χ1v) is 8.22.